The highest BCUT2D eigenvalue weighted by Gasteiger charge is 2.16. The standard InChI is InChI=1S/C48H28N2O/c1-2-8-29(9-3-1)42-23-17-30-14-15-31-18-24-43(50-48(31)47(30)49-42)38-22-21-36(40-27-32-10-4-5-11-33(32)28-41(38)40)34-16-20-37-35(26-34)19-25-45-46(37)39-12-6-7-13-44(39)51-45/h1-28H. The number of fused-ring (bicyclic) bond motifs is 10. The van der Waals surface area contributed by atoms with Crippen molar-refractivity contribution in [1.82, 2.24) is 9.97 Å². The highest BCUT2D eigenvalue weighted by Crippen LogP contribution is 2.41. The van der Waals surface area contributed by atoms with Crippen LogP contribution in [0.2, 0.25) is 0 Å². The Kier molecular flexibility index (Phi) is 5.96. The van der Waals surface area contributed by atoms with E-state index in [2.05, 4.69) is 152 Å². The number of aromatic nitrogens is 2. The van der Waals surface area contributed by atoms with Crippen molar-refractivity contribution in [3.05, 3.63) is 170 Å². The fourth-order valence-electron chi connectivity index (χ4n) is 7.92. The van der Waals surface area contributed by atoms with E-state index in [-0.39, 0.29) is 0 Å². The summed E-state index contributed by atoms with van der Waals surface area (Å²) in [7, 11) is 0. The molecule has 11 rings (SSSR count). The molecule has 51 heavy (non-hydrogen) atoms. The van der Waals surface area contributed by atoms with Crippen molar-refractivity contribution in [2.24, 2.45) is 0 Å². The summed E-state index contributed by atoms with van der Waals surface area (Å²) in [6, 6.07) is 60.4. The van der Waals surface area contributed by atoms with E-state index in [1.54, 1.807) is 0 Å². The Labute approximate surface area is 293 Å². The minimum Gasteiger partial charge on any atom is -0.456 e. The predicted molar refractivity (Wildman–Crippen MR) is 213 cm³/mol. The summed E-state index contributed by atoms with van der Waals surface area (Å²) in [6.07, 6.45) is 0. The monoisotopic (exact) mass is 648 g/mol. The smallest absolute Gasteiger partial charge is 0.136 e. The maximum atomic E-state index is 6.20. The van der Waals surface area contributed by atoms with E-state index in [1.165, 1.54) is 48.8 Å². The summed E-state index contributed by atoms with van der Waals surface area (Å²) in [6.45, 7) is 0. The van der Waals surface area contributed by atoms with Gasteiger partial charge in [-0.05, 0) is 85.9 Å². The van der Waals surface area contributed by atoms with Crippen LogP contribution in [0.1, 0.15) is 0 Å². The van der Waals surface area contributed by atoms with Crippen molar-refractivity contribution in [1.29, 1.82) is 0 Å². The maximum absolute atomic E-state index is 6.20. The Morgan fingerprint density at radius 2 is 0.961 bits per heavy atom. The van der Waals surface area contributed by atoms with Gasteiger partial charge in [0.25, 0.3) is 0 Å². The van der Waals surface area contributed by atoms with Gasteiger partial charge in [-0.25, -0.2) is 9.97 Å². The average Bonchev–Trinajstić information content (AvgIpc) is 3.59. The molecule has 236 valence electrons. The number of para-hydroxylation sites is 1. The largest absolute Gasteiger partial charge is 0.456 e. The molecule has 0 aliphatic rings. The van der Waals surface area contributed by atoms with Gasteiger partial charge in [-0.1, -0.05) is 127 Å². The molecule has 0 bridgehead atoms. The van der Waals surface area contributed by atoms with Crippen LogP contribution in [-0.4, -0.2) is 9.97 Å². The van der Waals surface area contributed by atoms with Gasteiger partial charge in [0, 0.05) is 32.7 Å². The first kappa shape index (κ1) is 28.0. The van der Waals surface area contributed by atoms with Crippen molar-refractivity contribution in [2.75, 3.05) is 0 Å². The van der Waals surface area contributed by atoms with Crippen molar-refractivity contribution in [3.8, 4) is 33.6 Å². The normalized spacial score (nSPS) is 11.9. The molecule has 0 radical (unpaired) electrons. The summed E-state index contributed by atoms with van der Waals surface area (Å²) in [5, 5.41) is 11.6. The molecule has 0 atom stereocenters. The van der Waals surface area contributed by atoms with Crippen LogP contribution in [0, 0.1) is 0 Å². The molecule has 0 aliphatic carbocycles. The van der Waals surface area contributed by atoms with Gasteiger partial charge in [0.15, 0.2) is 0 Å². The van der Waals surface area contributed by atoms with E-state index in [0.717, 1.165) is 60.9 Å². The third-order valence-corrected chi connectivity index (χ3v) is 10.4. The molecule has 0 amide bonds. The molecule has 0 unspecified atom stereocenters. The van der Waals surface area contributed by atoms with Crippen molar-refractivity contribution in [2.45, 2.75) is 0 Å². The van der Waals surface area contributed by atoms with Crippen LogP contribution < -0.4 is 0 Å². The Morgan fingerprint density at radius 1 is 0.333 bits per heavy atom. The average molecular weight is 649 g/mol. The Hall–Kier alpha value is -6.84. The number of hydrogen-bond donors (Lipinski definition) is 0. The lowest BCUT2D eigenvalue weighted by Crippen LogP contribution is -1.92. The van der Waals surface area contributed by atoms with Gasteiger partial charge >= 0.3 is 0 Å². The summed E-state index contributed by atoms with van der Waals surface area (Å²) in [5.74, 6) is 0. The van der Waals surface area contributed by atoms with Crippen molar-refractivity contribution in [3.63, 3.8) is 0 Å². The second kappa shape index (κ2) is 10.8. The van der Waals surface area contributed by atoms with Crippen molar-refractivity contribution < 1.29 is 4.42 Å². The SMILES string of the molecule is c1ccc(-c2ccc3ccc4ccc(-c5ccc(-c6ccc7c(ccc8oc9ccccc9c87)c6)c6cc7ccccc7cc56)nc4c3n2)cc1. The van der Waals surface area contributed by atoms with Gasteiger partial charge in [0.05, 0.1) is 22.4 Å². The van der Waals surface area contributed by atoms with Crippen LogP contribution in [0.15, 0.2) is 174 Å². The summed E-state index contributed by atoms with van der Waals surface area (Å²) >= 11 is 0. The highest BCUT2D eigenvalue weighted by atomic mass is 16.3. The van der Waals surface area contributed by atoms with E-state index >= 15 is 0 Å². The molecule has 3 heterocycles. The first-order valence-electron chi connectivity index (χ1n) is 17.3. The molecule has 0 saturated heterocycles. The van der Waals surface area contributed by atoms with Gasteiger partial charge in [0.2, 0.25) is 0 Å². The highest BCUT2D eigenvalue weighted by molar-refractivity contribution is 6.20. The van der Waals surface area contributed by atoms with Gasteiger partial charge in [-0.15, -0.1) is 0 Å². The fourth-order valence-corrected chi connectivity index (χ4v) is 7.92. The van der Waals surface area contributed by atoms with E-state index in [1.807, 2.05) is 18.2 Å². The van der Waals surface area contributed by atoms with E-state index in [9.17, 15) is 0 Å². The minimum absolute atomic E-state index is 0.911. The lowest BCUT2D eigenvalue weighted by Gasteiger charge is -2.15. The number of hydrogen-bond acceptors (Lipinski definition) is 3. The predicted octanol–water partition coefficient (Wildman–Crippen LogP) is 13.1. The second-order valence-corrected chi connectivity index (χ2v) is 13.3. The lowest BCUT2D eigenvalue weighted by atomic mass is 9.90. The zero-order valence-corrected chi connectivity index (χ0v) is 27.5. The second-order valence-electron chi connectivity index (χ2n) is 13.3. The summed E-state index contributed by atoms with van der Waals surface area (Å²) in [5.41, 5.74) is 10.1. The minimum atomic E-state index is 0.911. The van der Waals surface area contributed by atoms with Crippen LogP contribution in [0.25, 0.3) is 110 Å². The molecule has 0 spiro atoms. The summed E-state index contributed by atoms with van der Waals surface area (Å²) in [4.78, 5) is 10.5. The third kappa shape index (κ3) is 4.38. The Balaban J connectivity index is 1.12. The number of benzene rings is 8. The zero-order valence-electron chi connectivity index (χ0n) is 27.5. The summed E-state index contributed by atoms with van der Waals surface area (Å²) < 4.78 is 6.20. The van der Waals surface area contributed by atoms with Crippen molar-refractivity contribution >= 4 is 76.1 Å². The van der Waals surface area contributed by atoms with Gasteiger partial charge < -0.3 is 4.42 Å². The first-order valence-corrected chi connectivity index (χ1v) is 17.3. The molecular weight excluding hydrogens is 621 g/mol. The maximum Gasteiger partial charge on any atom is 0.136 e. The van der Waals surface area contributed by atoms with Crippen LogP contribution in [0.3, 0.4) is 0 Å². The van der Waals surface area contributed by atoms with Gasteiger partial charge in [-0.2, -0.15) is 0 Å². The first-order chi connectivity index (χ1) is 25.2. The Bertz CT molecular complexity index is 3190. The number of rotatable bonds is 3. The molecule has 11 aromatic rings. The zero-order chi connectivity index (χ0) is 33.5. The molecule has 3 heteroatoms. The number of pyridine rings is 2. The van der Waals surface area contributed by atoms with Crippen LogP contribution in [0.4, 0.5) is 0 Å². The number of nitrogens with zero attached hydrogens (tertiary/aromatic N) is 2. The van der Waals surface area contributed by atoms with E-state index in [0.29, 0.717) is 0 Å². The van der Waals surface area contributed by atoms with Crippen LogP contribution in [-0.2, 0) is 0 Å². The molecular formula is C48H28N2O. The lowest BCUT2D eigenvalue weighted by molar-refractivity contribution is 0.669. The number of furan rings is 1. The molecule has 3 nitrogen and oxygen atoms in total. The van der Waals surface area contributed by atoms with Gasteiger partial charge in [0.1, 0.15) is 11.2 Å². The fraction of sp³-hybridized carbons (Fsp3) is 0. The molecule has 0 fully saturated rings. The van der Waals surface area contributed by atoms with E-state index in [4.69, 9.17) is 14.4 Å². The van der Waals surface area contributed by atoms with E-state index < -0.39 is 0 Å². The quantitative estimate of drug-likeness (QED) is 0.141. The molecule has 0 saturated carbocycles. The Morgan fingerprint density at radius 3 is 1.76 bits per heavy atom. The van der Waals surface area contributed by atoms with Gasteiger partial charge in [-0.3, -0.25) is 0 Å². The third-order valence-electron chi connectivity index (χ3n) is 10.4. The molecule has 0 aliphatic heterocycles. The molecule has 0 N–H and O–H groups in total. The van der Waals surface area contributed by atoms with Crippen LogP contribution in [0.5, 0.6) is 0 Å². The van der Waals surface area contributed by atoms with Crippen LogP contribution >= 0.6 is 0 Å². The molecule has 3 aromatic heterocycles. The molecule has 8 aromatic carbocycles. The topological polar surface area (TPSA) is 38.9 Å².